The van der Waals surface area contributed by atoms with E-state index in [1.807, 2.05) is 17.9 Å². The highest BCUT2D eigenvalue weighted by Gasteiger charge is 2.18. The van der Waals surface area contributed by atoms with Crippen LogP contribution in [0.2, 0.25) is 0 Å². The third-order valence-corrected chi connectivity index (χ3v) is 3.28. The first-order chi connectivity index (χ1) is 9.15. The number of unbranched alkanes of at least 4 members (excludes halogenated alkanes) is 1. The van der Waals surface area contributed by atoms with E-state index in [1.54, 1.807) is 0 Å². The lowest BCUT2D eigenvalue weighted by Gasteiger charge is -2.15. The lowest BCUT2D eigenvalue weighted by molar-refractivity contribution is -0.127. The summed E-state index contributed by atoms with van der Waals surface area (Å²) in [6, 6.07) is 4.70. The molecular weight excluding hydrogens is 245 g/mol. The van der Waals surface area contributed by atoms with Crippen LogP contribution >= 0.6 is 0 Å². The Balaban J connectivity index is 1.65. The molecule has 104 valence electrons. The summed E-state index contributed by atoms with van der Waals surface area (Å²) < 4.78 is 18.6. The molecule has 0 bridgehead atoms. The van der Waals surface area contributed by atoms with Crippen LogP contribution in [0.4, 0.5) is 4.39 Å². The molecule has 4 heteroatoms. The van der Waals surface area contributed by atoms with Crippen molar-refractivity contribution in [3.05, 3.63) is 29.6 Å². The van der Waals surface area contributed by atoms with E-state index >= 15 is 0 Å². The monoisotopic (exact) mass is 265 g/mol. The summed E-state index contributed by atoms with van der Waals surface area (Å²) in [5.41, 5.74) is 0.859. The third-order valence-electron chi connectivity index (χ3n) is 3.28. The van der Waals surface area contributed by atoms with Crippen LogP contribution in [-0.4, -0.2) is 30.5 Å². The number of likely N-dealkylation sites (tertiary alicyclic amines) is 1. The van der Waals surface area contributed by atoms with Gasteiger partial charge in [0.15, 0.2) is 0 Å². The summed E-state index contributed by atoms with van der Waals surface area (Å²) in [6.45, 7) is 4.10. The van der Waals surface area contributed by atoms with Crippen molar-refractivity contribution < 1.29 is 13.9 Å². The second kappa shape index (κ2) is 6.55. The molecule has 0 spiro atoms. The molecule has 1 heterocycles. The molecule has 1 aromatic carbocycles. The number of benzene rings is 1. The van der Waals surface area contributed by atoms with Crippen LogP contribution in [0.15, 0.2) is 18.2 Å². The van der Waals surface area contributed by atoms with Crippen molar-refractivity contribution in [3.8, 4) is 5.75 Å². The molecule has 1 amide bonds. The number of carbonyl (C=O) groups is 1. The second-order valence-electron chi connectivity index (χ2n) is 5.00. The van der Waals surface area contributed by atoms with Gasteiger partial charge in [0.2, 0.25) is 5.91 Å². The lowest BCUT2D eigenvalue weighted by atomic mass is 10.2. The van der Waals surface area contributed by atoms with Gasteiger partial charge in [0.25, 0.3) is 0 Å². The van der Waals surface area contributed by atoms with E-state index in [1.165, 1.54) is 12.1 Å². The number of hydrogen-bond donors (Lipinski definition) is 0. The Labute approximate surface area is 113 Å². The highest BCUT2D eigenvalue weighted by Crippen LogP contribution is 2.16. The second-order valence-corrected chi connectivity index (χ2v) is 5.00. The zero-order chi connectivity index (χ0) is 13.7. The van der Waals surface area contributed by atoms with Crippen LogP contribution in [0, 0.1) is 12.7 Å². The summed E-state index contributed by atoms with van der Waals surface area (Å²) in [7, 11) is 0. The SMILES string of the molecule is Cc1cc(F)cc(OCCCCN2CCCC2=O)c1. The van der Waals surface area contributed by atoms with Crippen molar-refractivity contribution in [2.75, 3.05) is 19.7 Å². The molecule has 1 fully saturated rings. The zero-order valence-corrected chi connectivity index (χ0v) is 11.3. The Morgan fingerprint density at radius 3 is 2.84 bits per heavy atom. The van der Waals surface area contributed by atoms with Gasteiger partial charge in [-0.05, 0) is 43.9 Å². The molecule has 0 unspecified atom stereocenters. The summed E-state index contributed by atoms with van der Waals surface area (Å²) in [5, 5.41) is 0. The van der Waals surface area contributed by atoms with Gasteiger partial charge >= 0.3 is 0 Å². The highest BCUT2D eigenvalue weighted by atomic mass is 19.1. The molecule has 1 saturated heterocycles. The van der Waals surface area contributed by atoms with Gasteiger partial charge in [-0.15, -0.1) is 0 Å². The first-order valence-electron chi connectivity index (χ1n) is 6.83. The van der Waals surface area contributed by atoms with Gasteiger partial charge in [-0.2, -0.15) is 0 Å². The standard InChI is InChI=1S/C15H20FNO2/c1-12-9-13(16)11-14(10-12)19-8-3-2-6-17-7-4-5-15(17)18/h9-11H,2-8H2,1H3. The van der Waals surface area contributed by atoms with E-state index in [2.05, 4.69) is 0 Å². The molecule has 19 heavy (non-hydrogen) atoms. The number of aryl methyl sites for hydroxylation is 1. The van der Waals surface area contributed by atoms with Gasteiger partial charge in [-0.3, -0.25) is 4.79 Å². The highest BCUT2D eigenvalue weighted by molar-refractivity contribution is 5.77. The fourth-order valence-corrected chi connectivity index (χ4v) is 2.32. The van der Waals surface area contributed by atoms with E-state index in [9.17, 15) is 9.18 Å². The Morgan fingerprint density at radius 2 is 2.16 bits per heavy atom. The Hall–Kier alpha value is -1.58. The molecule has 0 atom stereocenters. The molecule has 0 N–H and O–H groups in total. The van der Waals surface area contributed by atoms with Crippen LogP contribution in [0.5, 0.6) is 5.75 Å². The van der Waals surface area contributed by atoms with Crippen LogP contribution in [-0.2, 0) is 4.79 Å². The van der Waals surface area contributed by atoms with Crippen LogP contribution in [0.25, 0.3) is 0 Å². The van der Waals surface area contributed by atoms with Crippen LogP contribution in [0.3, 0.4) is 0 Å². The molecule has 1 aromatic rings. The van der Waals surface area contributed by atoms with E-state index in [0.717, 1.165) is 37.9 Å². The first-order valence-corrected chi connectivity index (χ1v) is 6.83. The van der Waals surface area contributed by atoms with E-state index in [4.69, 9.17) is 4.74 Å². The van der Waals surface area contributed by atoms with E-state index < -0.39 is 0 Å². The molecule has 0 aromatic heterocycles. The number of halogens is 1. The minimum Gasteiger partial charge on any atom is -0.493 e. The number of nitrogens with zero attached hydrogens (tertiary/aromatic N) is 1. The summed E-state index contributed by atoms with van der Waals surface area (Å²) in [4.78, 5) is 13.3. The molecule has 1 aliphatic rings. The predicted molar refractivity (Wildman–Crippen MR) is 71.7 cm³/mol. The lowest BCUT2D eigenvalue weighted by Crippen LogP contribution is -2.25. The fourth-order valence-electron chi connectivity index (χ4n) is 2.32. The van der Waals surface area contributed by atoms with Crippen molar-refractivity contribution >= 4 is 5.91 Å². The fraction of sp³-hybridized carbons (Fsp3) is 0.533. The third kappa shape index (κ3) is 4.23. The molecule has 2 rings (SSSR count). The van der Waals surface area contributed by atoms with Gasteiger partial charge in [0.1, 0.15) is 11.6 Å². The number of rotatable bonds is 6. The van der Waals surface area contributed by atoms with Gasteiger partial charge in [-0.1, -0.05) is 0 Å². The Morgan fingerprint density at radius 1 is 1.32 bits per heavy atom. The van der Waals surface area contributed by atoms with Gasteiger partial charge in [0, 0.05) is 25.6 Å². The number of amides is 1. The number of ether oxygens (including phenoxy) is 1. The Bertz CT molecular complexity index is 428. The largest absolute Gasteiger partial charge is 0.493 e. The summed E-state index contributed by atoms with van der Waals surface area (Å²) in [5.74, 6) is 0.578. The van der Waals surface area contributed by atoms with Gasteiger partial charge in [0.05, 0.1) is 6.61 Å². The maximum Gasteiger partial charge on any atom is 0.222 e. The van der Waals surface area contributed by atoms with Crippen molar-refractivity contribution in [2.45, 2.75) is 32.6 Å². The molecule has 3 nitrogen and oxygen atoms in total. The quantitative estimate of drug-likeness (QED) is 0.740. The number of hydrogen-bond acceptors (Lipinski definition) is 2. The molecular formula is C15H20FNO2. The zero-order valence-electron chi connectivity index (χ0n) is 11.3. The predicted octanol–water partition coefficient (Wildman–Crippen LogP) is 2.92. The molecule has 0 radical (unpaired) electrons. The normalized spacial score (nSPS) is 15.1. The molecule has 0 aliphatic carbocycles. The minimum absolute atomic E-state index is 0.265. The van der Waals surface area contributed by atoms with Crippen LogP contribution in [0.1, 0.15) is 31.2 Å². The Kier molecular flexibility index (Phi) is 4.77. The maximum atomic E-state index is 13.1. The van der Waals surface area contributed by atoms with Crippen molar-refractivity contribution in [1.82, 2.24) is 4.90 Å². The van der Waals surface area contributed by atoms with Crippen molar-refractivity contribution in [3.63, 3.8) is 0 Å². The van der Waals surface area contributed by atoms with Crippen molar-refractivity contribution in [2.24, 2.45) is 0 Å². The maximum absolute atomic E-state index is 13.1. The van der Waals surface area contributed by atoms with E-state index in [0.29, 0.717) is 18.8 Å². The smallest absolute Gasteiger partial charge is 0.222 e. The van der Waals surface area contributed by atoms with Crippen molar-refractivity contribution in [1.29, 1.82) is 0 Å². The van der Waals surface area contributed by atoms with Gasteiger partial charge < -0.3 is 9.64 Å². The summed E-state index contributed by atoms with van der Waals surface area (Å²) >= 11 is 0. The van der Waals surface area contributed by atoms with Crippen LogP contribution < -0.4 is 4.74 Å². The molecule has 1 aliphatic heterocycles. The van der Waals surface area contributed by atoms with Gasteiger partial charge in [-0.25, -0.2) is 4.39 Å². The van der Waals surface area contributed by atoms with E-state index in [-0.39, 0.29) is 11.7 Å². The average molecular weight is 265 g/mol. The minimum atomic E-state index is -0.266. The first kappa shape index (κ1) is 13.8. The summed E-state index contributed by atoms with van der Waals surface area (Å²) in [6.07, 6.45) is 3.48. The topological polar surface area (TPSA) is 29.5 Å². The average Bonchev–Trinajstić information content (AvgIpc) is 2.73. The molecule has 0 saturated carbocycles. The number of carbonyl (C=O) groups excluding carboxylic acids is 1.